The maximum absolute atomic E-state index is 12.0. The van der Waals surface area contributed by atoms with Gasteiger partial charge in [0.05, 0.1) is 34.1 Å². The fourth-order valence-corrected chi connectivity index (χ4v) is 3.13. The van der Waals surface area contributed by atoms with Crippen LogP contribution in [0.1, 0.15) is 32.8 Å². The molecule has 9 heteroatoms. The Morgan fingerprint density at radius 1 is 1.23 bits per heavy atom. The van der Waals surface area contributed by atoms with Crippen molar-refractivity contribution in [2.75, 3.05) is 11.9 Å². The van der Waals surface area contributed by atoms with Crippen molar-refractivity contribution in [2.45, 2.75) is 33.3 Å². The first-order chi connectivity index (χ1) is 14.3. The van der Waals surface area contributed by atoms with Crippen LogP contribution in [0.15, 0.2) is 46.0 Å². The van der Waals surface area contributed by atoms with Crippen molar-refractivity contribution >= 4 is 51.2 Å². The van der Waals surface area contributed by atoms with Gasteiger partial charge in [0.2, 0.25) is 11.8 Å². The minimum atomic E-state index is -0.556. The Balaban J connectivity index is 1.97. The molecule has 0 bridgehead atoms. The number of ether oxygens (including phenoxy) is 2. The van der Waals surface area contributed by atoms with Crippen molar-refractivity contribution in [3.05, 3.63) is 51.5 Å². The van der Waals surface area contributed by atoms with Crippen LogP contribution in [0, 0.1) is 0 Å². The summed E-state index contributed by atoms with van der Waals surface area (Å²) < 4.78 is 12.1. The molecular weight excluding hydrogens is 474 g/mol. The maximum Gasteiger partial charge on any atom is 0.249 e. The van der Waals surface area contributed by atoms with E-state index in [1.807, 2.05) is 20.8 Å². The fraction of sp³-hybridized carbons (Fsp3) is 0.286. The summed E-state index contributed by atoms with van der Waals surface area (Å²) in [6, 6.07) is 10.3. The SMILES string of the molecule is CCOc1cc(C=NNC(=O)CC(=O)Nc2ccccc2Cl)cc(Br)c1OC(C)C. The maximum atomic E-state index is 12.0. The molecule has 30 heavy (non-hydrogen) atoms. The number of amides is 2. The molecule has 2 aromatic rings. The van der Waals surface area contributed by atoms with Crippen LogP contribution in [-0.4, -0.2) is 30.7 Å². The first kappa shape index (κ1) is 23.7. The third kappa shape index (κ3) is 7.35. The molecule has 0 unspecified atom stereocenters. The van der Waals surface area contributed by atoms with Gasteiger partial charge in [0.25, 0.3) is 0 Å². The molecule has 0 heterocycles. The van der Waals surface area contributed by atoms with Crippen molar-refractivity contribution in [1.82, 2.24) is 5.43 Å². The molecule has 160 valence electrons. The number of hydrazone groups is 1. The summed E-state index contributed by atoms with van der Waals surface area (Å²) >= 11 is 9.45. The molecule has 0 aliphatic heterocycles. The molecule has 0 aromatic heterocycles. The second kappa shape index (κ2) is 11.6. The van der Waals surface area contributed by atoms with Crippen molar-refractivity contribution in [2.24, 2.45) is 5.10 Å². The normalized spacial score (nSPS) is 10.9. The van der Waals surface area contributed by atoms with Gasteiger partial charge in [0.1, 0.15) is 6.42 Å². The monoisotopic (exact) mass is 495 g/mol. The quantitative estimate of drug-likeness (QED) is 0.297. The topological polar surface area (TPSA) is 89.0 Å². The number of nitrogens with one attached hydrogen (secondary N) is 2. The Bertz CT molecular complexity index is 934. The van der Waals surface area contributed by atoms with Crippen LogP contribution in [0.2, 0.25) is 5.02 Å². The van der Waals surface area contributed by atoms with Gasteiger partial charge in [-0.2, -0.15) is 5.10 Å². The number of hydrogen-bond acceptors (Lipinski definition) is 5. The minimum absolute atomic E-state index is 0.0174. The average Bonchev–Trinajstić information content (AvgIpc) is 2.66. The summed E-state index contributed by atoms with van der Waals surface area (Å²) in [5.41, 5.74) is 3.45. The highest BCUT2D eigenvalue weighted by atomic mass is 79.9. The van der Waals surface area contributed by atoms with Crippen molar-refractivity contribution in [3.63, 3.8) is 0 Å². The molecule has 0 fully saturated rings. The molecular formula is C21H23BrClN3O4. The van der Waals surface area contributed by atoms with E-state index >= 15 is 0 Å². The number of nitrogens with zero attached hydrogens (tertiary/aromatic N) is 1. The van der Waals surface area contributed by atoms with E-state index in [-0.39, 0.29) is 6.10 Å². The number of benzene rings is 2. The second-order valence-electron chi connectivity index (χ2n) is 6.43. The molecule has 2 aromatic carbocycles. The molecule has 0 atom stereocenters. The smallest absolute Gasteiger partial charge is 0.249 e. The van der Waals surface area contributed by atoms with Crippen molar-refractivity contribution in [3.8, 4) is 11.5 Å². The zero-order chi connectivity index (χ0) is 22.1. The van der Waals surface area contributed by atoms with Crippen LogP contribution in [0.4, 0.5) is 5.69 Å². The lowest BCUT2D eigenvalue weighted by molar-refractivity contribution is -0.126. The van der Waals surface area contributed by atoms with E-state index in [1.165, 1.54) is 6.21 Å². The van der Waals surface area contributed by atoms with Crippen molar-refractivity contribution in [1.29, 1.82) is 0 Å². The van der Waals surface area contributed by atoms with Gasteiger partial charge in [0.15, 0.2) is 11.5 Å². The summed E-state index contributed by atoms with van der Waals surface area (Å²) in [7, 11) is 0. The number of anilines is 1. The molecule has 0 saturated heterocycles. The van der Waals surface area contributed by atoms with Gasteiger partial charge in [-0.3, -0.25) is 9.59 Å². The van der Waals surface area contributed by atoms with Gasteiger partial charge >= 0.3 is 0 Å². The van der Waals surface area contributed by atoms with Crippen LogP contribution >= 0.6 is 27.5 Å². The first-order valence-electron chi connectivity index (χ1n) is 9.29. The molecule has 2 N–H and O–H groups in total. The second-order valence-corrected chi connectivity index (χ2v) is 7.69. The highest BCUT2D eigenvalue weighted by Gasteiger charge is 2.14. The van der Waals surface area contributed by atoms with Gasteiger partial charge < -0.3 is 14.8 Å². The standard InChI is InChI=1S/C21H23BrClN3O4/c1-4-29-18-10-14(9-15(22)21(18)30-13(2)3)12-24-26-20(28)11-19(27)25-17-8-6-5-7-16(17)23/h5-10,12-13H,4,11H2,1-3H3,(H,25,27)(H,26,28). The fourth-order valence-electron chi connectivity index (χ4n) is 2.40. The first-order valence-corrected chi connectivity index (χ1v) is 10.5. The highest BCUT2D eigenvalue weighted by Crippen LogP contribution is 2.37. The van der Waals surface area contributed by atoms with E-state index in [9.17, 15) is 9.59 Å². The largest absolute Gasteiger partial charge is 0.490 e. The molecule has 0 spiro atoms. The number of para-hydroxylation sites is 1. The number of carbonyl (C=O) groups is 2. The number of rotatable bonds is 9. The molecule has 0 aliphatic carbocycles. The Labute approximate surface area is 188 Å². The lowest BCUT2D eigenvalue weighted by atomic mass is 10.2. The predicted octanol–water partition coefficient (Wildman–Crippen LogP) is 4.77. The van der Waals surface area contributed by atoms with E-state index < -0.39 is 18.2 Å². The molecule has 0 aliphatic rings. The van der Waals surface area contributed by atoms with Gasteiger partial charge in [-0.15, -0.1) is 0 Å². The average molecular weight is 497 g/mol. The van der Waals surface area contributed by atoms with Crippen LogP contribution in [0.25, 0.3) is 0 Å². The zero-order valence-corrected chi connectivity index (χ0v) is 19.2. The van der Waals surface area contributed by atoms with Crippen LogP contribution in [0.3, 0.4) is 0 Å². The summed E-state index contributed by atoms with van der Waals surface area (Å²) in [6.45, 7) is 6.20. The van der Waals surface area contributed by atoms with Crippen LogP contribution in [0.5, 0.6) is 11.5 Å². The Hall–Kier alpha value is -2.58. The molecule has 0 saturated carbocycles. The minimum Gasteiger partial charge on any atom is -0.490 e. The zero-order valence-electron chi connectivity index (χ0n) is 16.9. The Morgan fingerprint density at radius 3 is 2.63 bits per heavy atom. The van der Waals surface area contributed by atoms with E-state index in [0.29, 0.717) is 38.9 Å². The van der Waals surface area contributed by atoms with E-state index in [2.05, 4.69) is 31.8 Å². The summed E-state index contributed by atoms with van der Waals surface area (Å²) in [5.74, 6) is 0.115. The number of carbonyl (C=O) groups excluding carboxylic acids is 2. The molecule has 2 amide bonds. The summed E-state index contributed by atoms with van der Waals surface area (Å²) in [5, 5.41) is 6.88. The lowest BCUT2D eigenvalue weighted by Gasteiger charge is -2.16. The third-order valence-corrected chi connectivity index (χ3v) is 4.48. The predicted molar refractivity (Wildman–Crippen MR) is 122 cm³/mol. The van der Waals surface area contributed by atoms with E-state index in [4.69, 9.17) is 21.1 Å². The number of hydrogen-bond donors (Lipinski definition) is 2. The molecule has 7 nitrogen and oxygen atoms in total. The number of halogens is 2. The van der Waals surface area contributed by atoms with Gasteiger partial charge in [0, 0.05) is 0 Å². The lowest BCUT2D eigenvalue weighted by Crippen LogP contribution is -2.24. The van der Waals surface area contributed by atoms with Gasteiger partial charge in [-0.05, 0) is 66.5 Å². The van der Waals surface area contributed by atoms with E-state index in [1.54, 1.807) is 36.4 Å². The van der Waals surface area contributed by atoms with Crippen LogP contribution in [-0.2, 0) is 9.59 Å². The van der Waals surface area contributed by atoms with Gasteiger partial charge in [-0.1, -0.05) is 23.7 Å². The summed E-state index contributed by atoms with van der Waals surface area (Å²) in [6.07, 6.45) is 1.05. The summed E-state index contributed by atoms with van der Waals surface area (Å²) in [4.78, 5) is 23.9. The molecule has 2 rings (SSSR count). The van der Waals surface area contributed by atoms with Gasteiger partial charge in [-0.25, -0.2) is 5.43 Å². The Kier molecular flexibility index (Phi) is 9.14. The highest BCUT2D eigenvalue weighted by molar-refractivity contribution is 9.10. The van der Waals surface area contributed by atoms with Crippen molar-refractivity contribution < 1.29 is 19.1 Å². The third-order valence-electron chi connectivity index (χ3n) is 3.56. The van der Waals surface area contributed by atoms with E-state index in [0.717, 1.165) is 0 Å². The molecule has 0 radical (unpaired) electrons. The van der Waals surface area contributed by atoms with Crippen LogP contribution < -0.4 is 20.2 Å². The Morgan fingerprint density at radius 2 is 1.97 bits per heavy atom.